The third-order valence-corrected chi connectivity index (χ3v) is 4.12. The minimum atomic E-state index is 0.0402. The monoisotopic (exact) mass is 221 g/mol. The van der Waals surface area contributed by atoms with Gasteiger partial charge >= 0.3 is 0 Å². The summed E-state index contributed by atoms with van der Waals surface area (Å²) >= 11 is 0. The number of hydrogen-bond acceptors (Lipinski definition) is 3. The Labute approximate surface area is 95.7 Å². The van der Waals surface area contributed by atoms with E-state index in [4.69, 9.17) is 0 Å². The fraction of sp³-hybridized carbons (Fsp3) is 0.833. The van der Waals surface area contributed by atoms with Crippen LogP contribution in [0.5, 0.6) is 0 Å². The van der Waals surface area contributed by atoms with Crippen molar-refractivity contribution in [2.24, 2.45) is 0 Å². The summed E-state index contributed by atoms with van der Waals surface area (Å²) in [5, 5.41) is 17.8. The Morgan fingerprint density at radius 1 is 1.12 bits per heavy atom. The Balaban J connectivity index is 1.93. The van der Waals surface area contributed by atoms with E-state index < -0.39 is 0 Å². The molecule has 88 valence electrons. The highest BCUT2D eigenvalue weighted by Gasteiger charge is 2.30. The molecule has 0 unspecified atom stereocenters. The van der Waals surface area contributed by atoms with Crippen molar-refractivity contribution < 1.29 is 5.11 Å². The van der Waals surface area contributed by atoms with Crippen molar-refractivity contribution >= 4 is 0 Å². The van der Waals surface area contributed by atoms with Gasteiger partial charge in [0.25, 0.3) is 0 Å². The van der Waals surface area contributed by atoms with Gasteiger partial charge in [0.05, 0.1) is 18.3 Å². The zero-order valence-corrected chi connectivity index (χ0v) is 9.60. The molecule has 3 rings (SSSR count). The summed E-state index contributed by atoms with van der Waals surface area (Å²) in [7, 11) is 0. The minimum Gasteiger partial charge on any atom is -0.390 e. The molecule has 0 atom stereocenters. The molecule has 16 heavy (non-hydrogen) atoms. The van der Waals surface area contributed by atoms with Gasteiger partial charge in [-0.1, -0.05) is 24.5 Å². The van der Waals surface area contributed by atoms with Gasteiger partial charge in [-0.3, -0.25) is 0 Å². The van der Waals surface area contributed by atoms with Crippen LogP contribution in [0.4, 0.5) is 0 Å². The van der Waals surface area contributed by atoms with Gasteiger partial charge in [0.1, 0.15) is 5.69 Å². The van der Waals surface area contributed by atoms with E-state index in [0.29, 0.717) is 12.0 Å². The van der Waals surface area contributed by atoms with Crippen molar-refractivity contribution in [2.75, 3.05) is 0 Å². The van der Waals surface area contributed by atoms with Crippen LogP contribution in [0.1, 0.15) is 68.3 Å². The molecule has 2 saturated carbocycles. The van der Waals surface area contributed by atoms with Crippen LogP contribution in [-0.2, 0) is 6.61 Å². The highest BCUT2D eigenvalue weighted by Crippen LogP contribution is 2.40. The van der Waals surface area contributed by atoms with E-state index in [1.54, 1.807) is 0 Å². The standard InChI is InChI=1S/C12H19N3O/c16-8-11-12(9-4-3-5-9)15(14-13-11)10-6-1-2-7-10/h9-10,16H,1-8H2. The van der Waals surface area contributed by atoms with Crippen molar-refractivity contribution in [1.29, 1.82) is 0 Å². The zero-order chi connectivity index (χ0) is 11.0. The van der Waals surface area contributed by atoms with Crippen LogP contribution in [0.2, 0.25) is 0 Å². The van der Waals surface area contributed by atoms with E-state index in [-0.39, 0.29) is 6.61 Å². The Bertz CT molecular complexity index is 364. The van der Waals surface area contributed by atoms with Crippen molar-refractivity contribution in [2.45, 2.75) is 63.5 Å². The van der Waals surface area contributed by atoms with Crippen LogP contribution >= 0.6 is 0 Å². The van der Waals surface area contributed by atoms with E-state index in [2.05, 4.69) is 15.0 Å². The first-order valence-electron chi connectivity index (χ1n) is 6.45. The van der Waals surface area contributed by atoms with Gasteiger partial charge in [0.2, 0.25) is 0 Å². The lowest BCUT2D eigenvalue weighted by Crippen LogP contribution is -2.19. The van der Waals surface area contributed by atoms with Gasteiger partial charge in [-0.15, -0.1) is 5.10 Å². The number of hydrogen-bond donors (Lipinski definition) is 1. The summed E-state index contributed by atoms with van der Waals surface area (Å²) in [4.78, 5) is 0. The van der Waals surface area contributed by atoms with Crippen molar-refractivity contribution in [1.82, 2.24) is 15.0 Å². The second-order valence-electron chi connectivity index (χ2n) is 5.09. The summed E-state index contributed by atoms with van der Waals surface area (Å²) in [5.74, 6) is 0.609. The lowest BCUT2D eigenvalue weighted by molar-refractivity contribution is 0.270. The molecule has 4 nitrogen and oxygen atoms in total. The third kappa shape index (κ3) is 1.56. The van der Waals surface area contributed by atoms with Crippen LogP contribution in [0, 0.1) is 0 Å². The quantitative estimate of drug-likeness (QED) is 0.850. The number of rotatable bonds is 3. The Morgan fingerprint density at radius 3 is 2.44 bits per heavy atom. The Kier molecular flexibility index (Phi) is 2.67. The van der Waals surface area contributed by atoms with Gasteiger partial charge < -0.3 is 5.11 Å². The van der Waals surface area contributed by atoms with Crippen molar-refractivity contribution in [3.63, 3.8) is 0 Å². The van der Waals surface area contributed by atoms with E-state index >= 15 is 0 Å². The smallest absolute Gasteiger partial charge is 0.112 e. The lowest BCUT2D eigenvalue weighted by Gasteiger charge is -2.28. The molecule has 0 amide bonds. The van der Waals surface area contributed by atoms with Crippen LogP contribution in [-0.4, -0.2) is 20.1 Å². The maximum Gasteiger partial charge on any atom is 0.112 e. The first-order chi connectivity index (χ1) is 7.90. The highest BCUT2D eigenvalue weighted by atomic mass is 16.3. The molecule has 2 aliphatic carbocycles. The molecule has 0 radical (unpaired) electrons. The molecule has 1 aromatic rings. The summed E-state index contributed by atoms with van der Waals surface area (Å²) in [6, 6.07) is 0.545. The second-order valence-corrected chi connectivity index (χ2v) is 5.09. The number of aliphatic hydroxyl groups is 1. The van der Waals surface area contributed by atoms with E-state index in [9.17, 15) is 5.11 Å². The fourth-order valence-electron chi connectivity index (χ4n) is 2.97. The predicted molar refractivity (Wildman–Crippen MR) is 60.0 cm³/mol. The molecule has 2 fully saturated rings. The maximum atomic E-state index is 9.33. The fourth-order valence-corrected chi connectivity index (χ4v) is 2.97. The van der Waals surface area contributed by atoms with Gasteiger partial charge in [-0.2, -0.15) is 0 Å². The molecular weight excluding hydrogens is 202 g/mol. The molecule has 0 bridgehead atoms. The average molecular weight is 221 g/mol. The van der Waals surface area contributed by atoms with E-state index in [0.717, 1.165) is 5.69 Å². The summed E-state index contributed by atoms with van der Waals surface area (Å²) < 4.78 is 2.13. The van der Waals surface area contributed by atoms with Crippen LogP contribution in [0.25, 0.3) is 0 Å². The summed E-state index contributed by atoms with van der Waals surface area (Å²) in [5.41, 5.74) is 2.05. The molecular formula is C12H19N3O. The highest BCUT2D eigenvalue weighted by molar-refractivity contribution is 5.18. The maximum absolute atomic E-state index is 9.33. The first kappa shape index (κ1) is 10.3. The topological polar surface area (TPSA) is 50.9 Å². The van der Waals surface area contributed by atoms with E-state index in [1.165, 1.54) is 50.6 Å². The molecule has 0 aromatic carbocycles. The van der Waals surface area contributed by atoms with Crippen molar-refractivity contribution in [3.8, 4) is 0 Å². The normalized spacial score (nSPS) is 22.6. The average Bonchev–Trinajstić information content (AvgIpc) is 2.82. The molecule has 0 saturated heterocycles. The molecule has 1 aromatic heterocycles. The Morgan fingerprint density at radius 2 is 1.88 bits per heavy atom. The largest absolute Gasteiger partial charge is 0.390 e. The van der Waals surface area contributed by atoms with Gasteiger partial charge in [0.15, 0.2) is 0 Å². The van der Waals surface area contributed by atoms with Crippen LogP contribution < -0.4 is 0 Å². The molecule has 0 spiro atoms. The summed E-state index contributed by atoms with van der Waals surface area (Å²) in [6.07, 6.45) is 8.87. The van der Waals surface area contributed by atoms with Crippen molar-refractivity contribution in [3.05, 3.63) is 11.4 Å². The summed E-state index contributed by atoms with van der Waals surface area (Å²) in [6.45, 7) is 0.0402. The minimum absolute atomic E-state index is 0.0402. The van der Waals surface area contributed by atoms with Gasteiger partial charge in [0, 0.05) is 5.92 Å². The lowest BCUT2D eigenvalue weighted by atomic mass is 9.82. The second kappa shape index (κ2) is 4.17. The van der Waals surface area contributed by atoms with Crippen LogP contribution in [0.3, 0.4) is 0 Å². The van der Waals surface area contributed by atoms with Crippen LogP contribution in [0.15, 0.2) is 0 Å². The Hall–Kier alpha value is -0.900. The van der Waals surface area contributed by atoms with E-state index in [1.807, 2.05) is 0 Å². The number of nitrogens with zero attached hydrogens (tertiary/aromatic N) is 3. The SMILES string of the molecule is OCc1nnn(C2CCCC2)c1C1CCC1. The molecule has 2 aliphatic rings. The predicted octanol–water partition coefficient (Wildman–Crippen LogP) is 2.15. The van der Waals surface area contributed by atoms with Gasteiger partial charge in [-0.05, 0) is 25.7 Å². The number of aliphatic hydroxyl groups excluding tert-OH is 1. The molecule has 4 heteroatoms. The molecule has 1 N–H and O–H groups in total. The molecule has 0 aliphatic heterocycles. The molecule has 1 heterocycles. The number of aromatic nitrogens is 3. The third-order valence-electron chi connectivity index (χ3n) is 4.12. The first-order valence-corrected chi connectivity index (χ1v) is 6.45. The van der Waals surface area contributed by atoms with Gasteiger partial charge in [-0.25, -0.2) is 4.68 Å². The zero-order valence-electron chi connectivity index (χ0n) is 9.60.